The number of benzene rings is 2. The lowest BCUT2D eigenvalue weighted by atomic mass is 10.0. The first-order valence-electron chi connectivity index (χ1n) is 7.27. The van der Waals surface area contributed by atoms with Crippen LogP contribution < -0.4 is 10.1 Å². The summed E-state index contributed by atoms with van der Waals surface area (Å²) in [7, 11) is 1.65. The Morgan fingerprint density at radius 2 is 1.86 bits per heavy atom. The summed E-state index contributed by atoms with van der Waals surface area (Å²) in [5, 5.41) is 3.12. The molecular formula is C18H21NO2S. The van der Waals surface area contributed by atoms with Gasteiger partial charge in [-0.3, -0.25) is 4.79 Å². The van der Waals surface area contributed by atoms with E-state index in [1.165, 1.54) is 0 Å². The van der Waals surface area contributed by atoms with Gasteiger partial charge in [0, 0.05) is 4.90 Å². The maximum absolute atomic E-state index is 12.5. The number of carbonyl (C=O) groups is 1. The number of nitrogens with one attached hydrogen (secondary N) is 1. The Balaban J connectivity index is 2.16. The molecule has 2 aromatic carbocycles. The second-order valence-corrected chi connectivity index (χ2v) is 5.76. The van der Waals surface area contributed by atoms with E-state index in [9.17, 15) is 4.79 Å². The van der Waals surface area contributed by atoms with E-state index >= 15 is 0 Å². The number of methoxy groups -OCH3 is 1. The van der Waals surface area contributed by atoms with Crippen LogP contribution in [0.25, 0.3) is 0 Å². The van der Waals surface area contributed by atoms with Crippen molar-refractivity contribution in [3.05, 3.63) is 59.7 Å². The van der Waals surface area contributed by atoms with E-state index in [1.54, 1.807) is 18.9 Å². The molecular weight excluding hydrogens is 294 g/mol. The molecule has 3 nitrogen and oxygen atoms in total. The summed E-state index contributed by atoms with van der Waals surface area (Å²) in [5.41, 5.74) is 1.81. The maximum Gasteiger partial charge on any atom is 0.252 e. The highest BCUT2D eigenvalue weighted by Gasteiger charge is 2.16. The highest BCUT2D eigenvalue weighted by atomic mass is 32.2. The molecule has 0 bridgehead atoms. The molecule has 2 rings (SSSR count). The fourth-order valence-corrected chi connectivity index (χ4v) is 2.92. The van der Waals surface area contributed by atoms with E-state index < -0.39 is 0 Å². The number of hydrogen-bond acceptors (Lipinski definition) is 3. The Morgan fingerprint density at radius 3 is 2.45 bits per heavy atom. The molecule has 1 amide bonds. The van der Waals surface area contributed by atoms with Gasteiger partial charge in [0.05, 0.1) is 18.7 Å². The second kappa shape index (κ2) is 7.90. The van der Waals surface area contributed by atoms with Gasteiger partial charge in [-0.15, -0.1) is 11.8 Å². The number of carbonyl (C=O) groups excluding carboxylic acids is 1. The van der Waals surface area contributed by atoms with E-state index in [2.05, 4.69) is 12.2 Å². The van der Waals surface area contributed by atoms with E-state index in [-0.39, 0.29) is 11.9 Å². The molecule has 0 spiro atoms. The molecule has 0 radical (unpaired) electrons. The van der Waals surface area contributed by atoms with Gasteiger partial charge in [0.15, 0.2) is 0 Å². The molecule has 0 fully saturated rings. The van der Waals surface area contributed by atoms with Crippen molar-refractivity contribution >= 4 is 17.7 Å². The average Bonchev–Trinajstić information content (AvgIpc) is 2.59. The Morgan fingerprint density at radius 1 is 1.18 bits per heavy atom. The first-order chi connectivity index (χ1) is 10.7. The molecule has 0 heterocycles. The quantitative estimate of drug-likeness (QED) is 0.808. The molecule has 0 saturated carbocycles. The Kier molecular flexibility index (Phi) is 5.90. The first kappa shape index (κ1) is 16.4. The fourth-order valence-electron chi connectivity index (χ4n) is 2.33. The highest BCUT2D eigenvalue weighted by molar-refractivity contribution is 7.98. The second-order valence-electron chi connectivity index (χ2n) is 4.91. The van der Waals surface area contributed by atoms with Crippen LogP contribution in [0.4, 0.5) is 0 Å². The average molecular weight is 315 g/mol. The third-order valence-electron chi connectivity index (χ3n) is 3.58. The van der Waals surface area contributed by atoms with E-state index in [0.29, 0.717) is 0 Å². The van der Waals surface area contributed by atoms with Crippen LogP contribution in [-0.4, -0.2) is 19.3 Å². The van der Waals surface area contributed by atoms with Crippen molar-refractivity contribution in [2.75, 3.05) is 13.4 Å². The lowest BCUT2D eigenvalue weighted by Gasteiger charge is -2.18. The zero-order valence-corrected chi connectivity index (χ0v) is 13.9. The first-order valence-corrected chi connectivity index (χ1v) is 8.50. The minimum atomic E-state index is -0.0346. The Hall–Kier alpha value is -1.94. The summed E-state index contributed by atoms with van der Waals surface area (Å²) in [6.45, 7) is 2.07. The standard InChI is InChI=1S/C18H21NO2S/c1-4-16(13-9-11-14(21-2)12-10-13)19-18(20)15-7-5-6-8-17(15)22-3/h5-12,16H,4H2,1-3H3,(H,19,20). The van der Waals surface area contributed by atoms with Crippen LogP contribution >= 0.6 is 11.8 Å². The van der Waals surface area contributed by atoms with Crippen LogP contribution in [0.5, 0.6) is 5.75 Å². The number of rotatable bonds is 6. The third-order valence-corrected chi connectivity index (χ3v) is 4.38. The number of thioether (sulfide) groups is 1. The molecule has 0 aliphatic heterocycles. The molecule has 4 heteroatoms. The van der Waals surface area contributed by atoms with Crippen molar-refractivity contribution in [3.63, 3.8) is 0 Å². The smallest absolute Gasteiger partial charge is 0.252 e. The van der Waals surface area contributed by atoms with Crippen molar-refractivity contribution in [3.8, 4) is 5.75 Å². The lowest BCUT2D eigenvalue weighted by Crippen LogP contribution is -2.28. The van der Waals surface area contributed by atoms with E-state index in [4.69, 9.17) is 4.74 Å². The van der Waals surface area contributed by atoms with Crippen molar-refractivity contribution in [1.82, 2.24) is 5.32 Å². The van der Waals surface area contributed by atoms with Gasteiger partial charge < -0.3 is 10.1 Å². The summed E-state index contributed by atoms with van der Waals surface area (Å²) in [6.07, 6.45) is 2.81. The van der Waals surface area contributed by atoms with Crippen molar-refractivity contribution in [1.29, 1.82) is 0 Å². The molecule has 0 aliphatic carbocycles. The molecule has 22 heavy (non-hydrogen) atoms. The zero-order valence-electron chi connectivity index (χ0n) is 13.1. The third kappa shape index (κ3) is 3.83. The highest BCUT2D eigenvalue weighted by Crippen LogP contribution is 2.23. The van der Waals surface area contributed by atoms with E-state index in [0.717, 1.165) is 28.2 Å². The van der Waals surface area contributed by atoms with Gasteiger partial charge in [-0.2, -0.15) is 0 Å². The SMILES string of the molecule is CCC(NC(=O)c1ccccc1SC)c1ccc(OC)cc1. The molecule has 1 N–H and O–H groups in total. The summed E-state index contributed by atoms with van der Waals surface area (Å²) in [5.74, 6) is 0.783. The predicted molar refractivity (Wildman–Crippen MR) is 91.7 cm³/mol. The topological polar surface area (TPSA) is 38.3 Å². The summed E-state index contributed by atoms with van der Waals surface area (Å²) in [4.78, 5) is 13.5. The molecule has 1 atom stereocenters. The van der Waals surface area contributed by atoms with Crippen LogP contribution in [0.2, 0.25) is 0 Å². The van der Waals surface area contributed by atoms with Crippen LogP contribution in [0.1, 0.15) is 35.3 Å². The number of amides is 1. The van der Waals surface area contributed by atoms with E-state index in [1.807, 2.05) is 54.8 Å². The predicted octanol–water partition coefficient (Wildman–Crippen LogP) is 4.30. The normalized spacial score (nSPS) is 11.8. The van der Waals surface area contributed by atoms with Gasteiger partial charge in [-0.25, -0.2) is 0 Å². The maximum atomic E-state index is 12.5. The summed E-state index contributed by atoms with van der Waals surface area (Å²) in [6, 6.07) is 15.5. The molecule has 0 aliphatic rings. The van der Waals surface area contributed by atoms with Gasteiger partial charge in [-0.1, -0.05) is 31.2 Å². The molecule has 0 aromatic heterocycles. The van der Waals surface area contributed by atoms with Crippen LogP contribution in [0, 0.1) is 0 Å². The minimum absolute atomic E-state index is 0.00619. The number of hydrogen-bond donors (Lipinski definition) is 1. The van der Waals surface area contributed by atoms with Crippen molar-refractivity contribution in [2.24, 2.45) is 0 Å². The van der Waals surface area contributed by atoms with Crippen molar-refractivity contribution < 1.29 is 9.53 Å². The van der Waals surface area contributed by atoms with Crippen molar-refractivity contribution in [2.45, 2.75) is 24.3 Å². The van der Waals surface area contributed by atoms with Crippen LogP contribution in [-0.2, 0) is 0 Å². The molecule has 0 saturated heterocycles. The lowest BCUT2D eigenvalue weighted by molar-refractivity contribution is 0.0932. The Labute approximate surface area is 136 Å². The van der Waals surface area contributed by atoms with Gasteiger partial charge in [0.1, 0.15) is 5.75 Å². The number of ether oxygens (including phenoxy) is 1. The largest absolute Gasteiger partial charge is 0.497 e. The van der Waals surface area contributed by atoms with Gasteiger partial charge in [0.25, 0.3) is 5.91 Å². The van der Waals surface area contributed by atoms with Crippen LogP contribution in [0.15, 0.2) is 53.4 Å². The molecule has 116 valence electrons. The fraction of sp³-hybridized carbons (Fsp3) is 0.278. The van der Waals surface area contributed by atoms with Gasteiger partial charge >= 0.3 is 0 Å². The molecule has 2 aromatic rings. The zero-order chi connectivity index (χ0) is 15.9. The summed E-state index contributed by atoms with van der Waals surface area (Å²) < 4.78 is 5.17. The monoisotopic (exact) mass is 315 g/mol. The Bertz CT molecular complexity index is 625. The van der Waals surface area contributed by atoms with Gasteiger partial charge in [0.2, 0.25) is 0 Å². The minimum Gasteiger partial charge on any atom is -0.497 e. The summed E-state index contributed by atoms with van der Waals surface area (Å²) >= 11 is 1.58. The van der Waals surface area contributed by atoms with Crippen LogP contribution in [0.3, 0.4) is 0 Å². The van der Waals surface area contributed by atoms with Gasteiger partial charge in [-0.05, 0) is 42.5 Å². The molecule has 1 unspecified atom stereocenters.